The largest absolute Gasteiger partial charge is 0.366 e. The number of hydrogen-bond donors (Lipinski definition) is 2. The van der Waals surface area contributed by atoms with Crippen molar-refractivity contribution in [3.05, 3.63) is 162 Å². The fourth-order valence-corrected chi connectivity index (χ4v) is 9.42. The minimum absolute atomic E-state index is 0. The lowest BCUT2D eigenvalue weighted by molar-refractivity contribution is 0.0997. The van der Waals surface area contributed by atoms with Gasteiger partial charge < -0.3 is 5.73 Å². The number of primary amides is 1. The second-order valence-corrected chi connectivity index (χ2v) is 18.7. The third-order valence-electron chi connectivity index (χ3n) is 8.99. The minimum Gasteiger partial charge on any atom is -0.366 e. The van der Waals surface area contributed by atoms with Crippen LogP contribution in [0.25, 0.3) is 32.1 Å². The summed E-state index contributed by atoms with van der Waals surface area (Å²) >= 11 is 14.4. The van der Waals surface area contributed by atoms with E-state index >= 15 is 0 Å². The number of sulfone groups is 1. The Morgan fingerprint density at radius 2 is 1.13 bits per heavy atom. The van der Waals surface area contributed by atoms with Gasteiger partial charge >= 0.3 is 0 Å². The van der Waals surface area contributed by atoms with E-state index in [0.717, 1.165) is 44.9 Å². The summed E-state index contributed by atoms with van der Waals surface area (Å²) in [4.78, 5) is 65.2. The molecule has 8 rings (SSSR count). The van der Waals surface area contributed by atoms with Gasteiger partial charge in [0.2, 0.25) is 20.1 Å². The van der Waals surface area contributed by atoms with E-state index in [2.05, 4.69) is 25.3 Å². The van der Waals surface area contributed by atoms with Crippen LogP contribution in [0, 0.1) is 27.7 Å². The first-order valence-corrected chi connectivity index (χ1v) is 22.3. The van der Waals surface area contributed by atoms with Crippen LogP contribution in [0.2, 0.25) is 10.0 Å². The number of carbonyl (C=O) groups excluding carboxylic acids is 2. The first-order valence-electron chi connectivity index (χ1n) is 18.2. The van der Waals surface area contributed by atoms with Gasteiger partial charge in [0.1, 0.15) is 22.1 Å². The van der Waals surface area contributed by atoms with Crippen molar-refractivity contribution in [3.8, 4) is 11.4 Å². The number of thiazole rings is 2. The van der Waals surface area contributed by atoms with Crippen LogP contribution < -0.4 is 22.2 Å². The molecule has 0 unspecified atom stereocenters. The van der Waals surface area contributed by atoms with Gasteiger partial charge in [0.25, 0.3) is 17.0 Å². The first-order chi connectivity index (χ1) is 29.0. The third-order valence-corrected chi connectivity index (χ3v) is 13.8. The number of nitrogens with one attached hydrogen (secondary N) is 1. The molecule has 0 fully saturated rings. The number of fused-ring (bicyclic) bond motifs is 2. The second-order valence-electron chi connectivity index (χ2n) is 13.4. The highest BCUT2D eigenvalue weighted by atomic mass is 35.5. The highest BCUT2D eigenvalue weighted by Gasteiger charge is 2.21. The summed E-state index contributed by atoms with van der Waals surface area (Å²) in [5, 5.41) is 3.92. The molecule has 328 valence electrons. The zero-order chi connectivity index (χ0) is 44.2. The van der Waals surface area contributed by atoms with Gasteiger partial charge in [-0.15, -0.1) is 0 Å². The van der Waals surface area contributed by atoms with E-state index in [1.165, 1.54) is 28.7 Å². The van der Waals surface area contributed by atoms with Gasteiger partial charge in [0.15, 0.2) is 16.4 Å². The average Bonchev–Trinajstić information content (AvgIpc) is 3.86. The Morgan fingerprint density at radius 1 is 0.683 bits per heavy atom. The van der Waals surface area contributed by atoms with Crippen LogP contribution in [0.3, 0.4) is 0 Å². The molecule has 0 saturated heterocycles. The summed E-state index contributed by atoms with van der Waals surface area (Å²) < 4.78 is 27.0. The molecule has 8 aromatic rings. The molecule has 0 aliphatic heterocycles. The number of aromatic nitrogens is 6. The Morgan fingerprint density at radius 3 is 1.57 bits per heavy atom. The highest BCUT2D eigenvalue weighted by Crippen LogP contribution is 2.28. The molecule has 4 heterocycles. The summed E-state index contributed by atoms with van der Waals surface area (Å²) in [6.45, 7) is 9.15. The molecule has 0 spiro atoms. The number of halogens is 2. The first kappa shape index (κ1) is 49.5. The monoisotopic (exact) mass is 946 g/mol. The highest BCUT2D eigenvalue weighted by molar-refractivity contribution is 7.93. The van der Waals surface area contributed by atoms with E-state index < -0.39 is 9.84 Å². The molecule has 63 heavy (non-hydrogen) atoms. The molecule has 0 atom stereocenters. The summed E-state index contributed by atoms with van der Waals surface area (Å²) in [6, 6.07) is 25.1. The summed E-state index contributed by atoms with van der Waals surface area (Å²) in [5.74, 6) is -0.744. The van der Waals surface area contributed by atoms with Crippen molar-refractivity contribution >= 4 is 93.4 Å². The van der Waals surface area contributed by atoms with Gasteiger partial charge in [-0.25, -0.2) is 23.4 Å². The summed E-state index contributed by atoms with van der Waals surface area (Å²) in [5.41, 5.74) is 10.8. The van der Waals surface area contributed by atoms with Crippen molar-refractivity contribution in [3.63, 3.8) is 0 Å². The maximum absolute atomic E-state index is 13.0. The average molecular weight is 948 g/mol. The van der Waals surface area contributed by atoms with E-state index in [1.54, 1.807) is 42.5 Å². The van der Waals surface area contributed by atoms with Crippen LogP contribution in [0.15, 0.2) is 112 Å². The molecular formula is C44H44Cl2N8O6S3. The van der Waals surface area contributed by atoms with Crippen LogP contribution in [0.4, 0.5) is 5.13 Å². The standard InChI is InChI=1S/C20H15ClN4O2S.C14H12ClN3O3S2.C8H9NO.2CH4/c1-11-6-8-13(9-7-11)18(26)24-20-23-17-16(28-20)19(27)25(10-22-17)15-12(2)4-3-5-14(15)21;1-3-23(20,21)14-17-12-11(22-14)13(19)18(7-16-12)10-8(2)5-4-6-9(10)15;1-6-2-4-7(5-3-6)8(9)10;;/h3-10H,1-2H3,(H,23,24,26);4-7H,3H2,1-2H3;2-5H,1H3,(H2,9,10);2*1H4. The van der Waals surface area contributed by atoms with Crippen molar-refractivity contribution < 1.29 is 18.0 Å². The zero-order valence-corrected chi connectivity index (χ0v) is 37.1. The van der Waals surface area contributed by atoms with E-state index in [-0.39, 0.29) is 63.9 Å². The predicted molar refractivity (Wildman–Crippen MR) is 256 cm³/mol. The predicted octanol–water partition coefficient (Wildman–Crippen LogP) is 9.33. The molecule has 14 nitrogen and oxygen atoms in total. The lowest BCUT2D eigenvalue weighted by Gasteiger charge is -2.10. The van der Waals surface area contributed by atoms with Gasteiger partial charge in [-0.05, 0) is 75.2 Å². The van der Waals surface area contributed by atoms with Crippen LogP contribution in [0.5, 0.6) is 0 Å². The Labute approximate surface area is 382 Å². The second kappa shape index (κ2) is 20.8. The van der Waals surface area contributed by atoms with Crippen LogP contribution >= 0.6 is 45.9 Å². The van der Waals surface area contributed by atoms with Gasteiger partial charge in [-0.3, -0.25) is 33.6 Å². The fraction of sp³-hybridized carbons (Fsp3) is 0.182. The Kier molecular flexibility index (Phi) is 16.4. The smallest absolute Gasteiger partial charge is 0.277 e. The van der Waals surface area contributed by atoms with Crippen molar-refractivity contribution in [1.82, 2.24) is 29.1 Å². The van der Waals surface area contributed by atoms with Crippen molar-refractivity contribution in [2.45, 2.75) is 53.8 Å². The lowest BCUT2D eigenvalue weighted by atomic mass is 10.1. The molecule has 3 N–H and O–H groups in total. The molecule has 0 saturated carbocycles. The number of aryl methyl sites for hydroxylation is 4. The molecule has 4 aromatic carbocycles. The maximum Gasteiger partial charge on any atom is 0.277 e. The number of benzene rings is 4. The summed E-state index contributed by atoms with van der Waals surface area (Å²) in [7, 11) is -3.48. The molecule has 0 aliphatic carbocycles. The van der Waals surface area contributed by atoms with Crippen molar-refractivity contribution in [1.29, 1.82) is 0 Å². The maximum atomic E-state index is 13.0. The summed E-state index contributed by atoms with van der Waals surface area (Å²) in [6.07, 6.45) is 2.73. The normalized spacial score (nSPS) is 10.7. The Hall–Kier alpha value is -6.11. The molecular weight excluding hydrogens is 904 g/mol. The Balaban J connectivity index is 0.000000224. The molecule has 0 aliphatic rings. The lowest BCUT2D eigenvalue weighted by Crippen LogP contribution is -2.19. The van der Waals surface area contributed by atoms with E-state index in [4.69, 9.17) is 28.9 Å². The Bertz CT molecular complexity index is 3140. The van der Waals surface area contributed by atoms with Crippen LogP contribution in [-0.2, 0) is 9.84 Å². The molecule has 2 amide bonds. The SMILES string of the molecule is C.C.CCS(=O)(=O)c1nc2ncn(-c3c(C)cccc3Cl)c(=O)c2s1.Cc1ccc(C(=O)Nc2nc3ncn(-c4c(C)cccc4Cl)c(=O)c3s2)cc1.Cc1ccc(C(N)=O)cc1. The minimum atomic E-state index is -3.48. The molecule has 19 heteroatoms. The zero-order valence-electron chi connectivity index (χ0n) is 33.1. The van der Waals surface area contributed by atoms with E-state index in [9.17, 15) is 27.6 Å². The van der Waals surface area contributed by atoms with Gasteiger partial charge in [-0.1, -0.05) is 127 Å². The molecule has 0 radical (unpaired) electrons. The molecule has 0 bridgehead atoms. The number of carbonyl (C=O) groups is 2. The number of rotatable bonds is 7. The van der Waals surface area contributed by atoms with Crippen LogP contribution in [0.1, 0.15) is 64.7 Å². The van der Waals surface area contributed by atoms with Gasteiger partial charge in [0, 0.05) is 11.1 Å². The van der Waals surface area contributed by atoms with Gasteiger partial charge in [-0.2, -0.15) is 4.98 Å². The number of para-hydroxylation sites is 2. The quantitative estimate of drug-likeness (QED) is 0.155. The number of amides is 2. The fourth-order valence-electron chi connectivity index (χ4n) is 5.68. The van der Waals surface area contributed by atoms with Gasteiger partial charge in [0.05, 0.1) is 27.2 Å². The van der Waals surface area contributed by atoms with Crippen molar-refractivity contribution in [2.75, 3.05) is 11.1 Å². The van der Waals surface area contributed by atoms with E-state index in [0.29, 0.717) is 42.4 Å². The number of anilines is 1. The third kappa shape index (κ3) is 11.1. The van der Waals surface area contributed by atoms with Crippen molar-refractivity contribution in [2.24, 2.45) is 5.73 Å². The number of hydrogen-bond acceptors (Lipinski definition) is 12. The topological polar surface area (TPSA) is 202 Å². The van der Waals surface area contributed by atoms with Crippen LogP contribution in [-0.4, -0.2) is 55.1 Å². The number of nitrogens with zero attached hydrogens (tertiary/aromatic N) is 6. The van der Waals surface area contributed by atoms with E-state index in [1.807, 2.05) is 70.2 Å². The molecule has 4 aromatic heterocycles. The number of nitrogens with two attached hydrogens (primary N) is 1.